The van der Waals surface area contributed by atoms with E-state index in [0.29, 0.717) is 30.5 Å². The van der Waals surface area contributed by atoms with Gasteiger partial charge in [-0.3, -0.25) is 4.79 Å². The average molecular weight is 314 g/mol. The zero-order valence-electron chi connectivity index (χ0n) is 13.7. The van der Waals surface area contributed by atoms with Crippen LogP contribution in [0.15, 0.2) is 30.3 Å². The number of anilines is 2. The lowest BCUT2D eigenvalue weighted by molar-refractivity contribution is 0.0943. The van der Waals surface area contributed by atoms with Gasteiger partial charge in [-0.05, 0) is 32.4 Å². The number of ether oxygens (including phenoxy) is 1. The van der Waals surface area contributed by atoms with Crippen molar-refractivity contribution in [3.8, 4) is 0 Å². The van der Waals surface area contributed by atoms with Crippen LogP contribution in [-0.4, -0.2) is 36.1 Å². The Hall–Kier alpha value is -2.47. The summed E-state index contributed by atoms with van der Waals surface area (Å²) in [5.41, 5.74) is 2.45. The van der Waals surface area contributed by atoms with Gasteiger partial charge in [-0.25, -0.2) is 9.97 Å². The Morgan fingerprint density at radius 1 is 1.17 bits per heavy atom. The molecule has 0 radical (unpaired) electrons. The van der Waals surface area contributed by atoms with Gasteiger partial charge in [0.1, 0.15) is 17.3 Å². The van der Waals surface area contributed by atoms with Gasteiger partial charge in [-0.1, -0.05) is 17.7 Å². The van der Waals surface area contributed by atoms with Crippen molar-refractivity contribution < 1.29 is 9.53 Å². The number of amides is 1. The summed E-state index contributed by atoms with van der Waals surface area (Å²) in [7, 11) is 1.64. The van der Waals surface area contributed by atoms with Crippen LogP contribution in [0.25, 0.3) is 0 Å². The minimum Gasteiger partial charge on any atom is -0.385 e. The number of hydrogen-bond donors (Lipinski definition) is 2. The van der Waals surface area contributed by atoms with Crippen LogP contribution in [0, 0.1) is 13.8 Å². The van der Waals surface area contributed by atoms with Gasteiger partial charge in [0.15, 0.2) is 0 Å². The van der Waals surface area contributed by atoms with E-state index < -0.39 is 0 Å². The summed E-state index contributed by atoms with van der Waals surface area (Å²) in [6, 6.07) is 9.62. The van der Waals surface area contributed by atoms with Crippen molar-refractivity contribution >= 4 is 17.4 Å². The van der Waals surface area contributed by atoms with Crippen molar-refractivity contribution in [1.29, 1.82) is 0 Å². The molecule has 0 bridgehead atoms. The fraction of sp³-hybridized carbons (Fsp3) is 0.353. The smallest absolute Gasteiger partial charge is 0.270 e. The molecule has 0 saturated carbocycles. The molecule has 0 saturated heterocycles. The first-order valence-corrected chi connectivity index (χ1v) is 7.55. The second-order valence-electron chi connectivity index (χ2n) is 5.28. The maximum atomic E-state index is 12.1. The lowest BCUT2D eigenvalue weighted by Crippen LogP contribution is -2.26. The maximum absolute atomic E-state index is 12.1. The quantitative estimate of drug-likeness (QED) is 0.768. The summed E-state index contributed by atoms with van der Waals surface area (Å²) in [6.07, 6.45) is 0.765. The molecule has 0 aliphatic rings. The van der Waals surface area contributed by atoms with E-state index in [1.54, 1.807) is 20.1 Å². The van der Waals surface area contributed by atoms with E-state index in [9.17, 15) is 4.79 Å². The lowest BCUT2D eigenvalue weighted by atomic mass is 10.2. The Morgan fingerprint density at radius 3 is 2.61 bits per heavy atom. The first kappa shape index (κ1) is 16.9. The molecule has 6 heteroatoms. The minimum atomic E-state index is -0.210. The molecule has 23 heavy (non-hydrogen) atoms. The second kappa shape index (κ2) is 8.24. The van der Waals surface area contributed by atoms with E-state index in [1.165, 1.54) is 5.56 Å². The molecule has 1 aromatic heterocycles. The van der Waals surface area contributed by atoms with E-state index in [1.807, 2.05) is 31.2 Å². The van der Waals surface area contributed by atoms with Crippen molar-refractivity contribution in [3.05, 3.63) is 47.4 Å². The van der Waals surface area contributed by atoms with Gasteiger partial charge in [0.2, 0.25) is 0 Å². The molecule has 1 aromatic carbocycles. The van der Waals surface area contributed by atoms with E-state index in [2.05, 4.69) is 20.6 Å². The van der Waals surface area contributed by atoms with Gasteiger partial charge in [-0.15, -0.1) is 0 Å². The fourth-order valence-corrected chi connectivity index (χ4v) is 2.04. The zero-order valence-corrected chi connectivity index (χ0v) is 13.7. The van der Waals surface area contributed by atoms with Gasteiger partial charge >= 0.3 is 0 Å². The van der Waals surface area contributed by atoms with Crippen molar-refractivity contribution in [2.45, 2.75) is 20.3 Å². The predicted molar refractivity (Wildman–Crippen MR) is 90.1 cm³/mol. The number of carbonyl (C=O) groups excluding carboxylic acids is 1. The average Bonchev–Trinajstić information content (AvgIpc) is 2.53. The highest BCUT2D eigenvalue weighted by atomic mass is 16.5. The Morgan fingerprint density at radius 2 is 1.91 bits per heavy atom. The summed E-state index contributed by atoms with van der Waals surface area (Å²) in [4.78, 5) is 20.7. The number of aromatic nitrogens is 2. The molecule has 2 rings (SSSR count). The van der Waals surface area contributed by atoms with Gasteiger partial charge in [-0.2, -0.15) is 0 Å². The van der Waals surface area contributed by atoms with Crippen LogP contribution >= 0.6 is 0 Å². The Labute approximate surface area is 136 Å². The molecular formula is C17H22N4O2. The van der Waals surface area contributed by atoms with Crippen molar-refractivity contribution in [1.82, 2.24) is 15.3 Å². The van der Waals surface area contributed by atoms with Gasteiger partial charge < -0.3 is 15.4 Å². The third kappa shape index (κ3) is 5.34. The van der Waals surface area contributed by atoms with Crippen molar-refractivity contribution in [2.75, 3.05) is 25.6 Å². The van der Waals surface area contributed by atoms with Crippen molar-refractivity contribution in [2.24, 2.45) is 0 Å². The normalized spacial score (nSPS) is 10.4. The van der Waals surface area contributed by atoms with E-state index in [0.717, 1.165) is 12.1 Å². The minimum absolute atomic E-state index is 0.210. The molecule has 2 aromatic rings. The number of nitrogens with one attached hydrogen (secondary N) is 2. The summed E-state index contributed by atoms with van der Waals surface area (Å²) in [5, 5.41) is 6.02. The van der Waals surface area contributed by atoms with E-state index in [-0.39, 0.29) is 5.91 Å². The van der Waals surface area contributed by atoms with Crippen LogP contribution in [0.5, 0.6) is 0 Å². The number of rotatable bonds is 7. The number of benzene rings is 1. The van der Waals surface area contributed by atoms with E-state index >= 15 is 0 Å². The largest absolute Gasteiger partial charge is 0.385 e. The van der Waals surface area contributed by atoms with Crippen LogP contribution in [0.2, 0.25) is 0 Å². The second-order valence-corrected chi connectivity index (χ2v) is 5.28. The number of methoxy groups -OCH3 is 1. The van der Waals surface area contributed by atoms with Crippen LogP contribution in [-0.2, 0) is 4.74 Å². The van der Waals surface area contributed by atoms with E-state index in [4.69, 9.17) is 4.74 Å². The highest BCUT2D eigenvalue weighted by molar-refractivity contribution is 5.93. The summed E-state index contributed by atoms with van der Waals surface area (Å²) in [6.45, 7) is 4.96. The molecule has 1 heterocycles. The molecular weight excluding hydrogens is 292 g/mol. The Balaban J connectivity index is 2.05. The summed E-state index contributed by atoms with van der Waals surface area (Å²) < 4.78 is 4.96. The highest BCUT2D eigenvalue weighted by Gasteiger charge is 2.10. The predicted octanol–water partition coefficient (Wildman–Crippen LogP) is 2.60. The molecule has 6 nitrogen and oxygen atoms in total. The number of carbonyl (C=O) groups is 1. The molecule has 0 atom stereocenters. The lowest BCUT2D eigenvalue weighted by Gasteiger charge is -2.09. The fourth-order valence-electron chi connectivity index (χ4n) is 2.04. The topological polar surface area (TPSA) is 76.1 Å². The SMILES string of the molecule is COCCCNC(=O)c1cc(Nc2ccc(C)cc2)nc(C)n1. The summed E-state index contributed by atoms with van der Waals surface area (Å²) in [5.74, 6) is 0.936. The highest BCUT2D eigenvalue weighted by Crippen LogP contribution is 2.16. The number of aryl methyl sites for hydroxylation is 2. The summed E-state index contributed by atoms with van der Waals surface area (Å²) >= 11 is 0. The van der Waals surface area contributed by atoms with Crippen LogP contribution in [0.3, 0.4) is 0 Å². The first-order valence-electron chi connectivity index (χ1n) is 7.55. The van der Waals surface area contributed by atoms with Gasteiger partial charge in [0, 0.05) is 32.0 Å². The Bertz CT molecular complexity index is 656. The third-order valence-corrected chi connectivity index (χ3v) is 3.21. The van der Waals surface area contributed by atoms with Gasteiger partial charge in [0.25, 0.3) is 5.91 Å². The molecule has 2 N–H and O–H groups in total. The molecule has 1 amide bonds. The van der Waals surface area contributed by atoms with Crippen LogP contribution in [0.1, 0.15) is 28.3 Å². The molecule has 0 unspecified atom stereocenters. The molecule has 0 aliphatic carbocycles. The van der Waals surface area contributed by atoms with Gasteiger partial charge in [0.05, 0.1) is 0 Å². The third-order valence-electron chi connectivity index (χ3n) is 3.21. The van der Waals surface area contributed by atoms with Crippen LogP contribution < -0.4 is 10.6 Å². The molecule has 0 spiro atoms. The maximum Gasteiger partial charge on any atom is 0.270 e. The zero-order chi connectivity index (χ0) is 16.7. The number of nitrogens with zero attached hydrogens (tertiary/aromatic N) is 2. The Kier molecular flexibility index (Phi) is 6.05. The monoisotopic (exact) mass is 314 g/mol. The number of hydrogen-bond acceptors (Lipinski definition) is 5. The molecule has 0 fully saturated rings. The first-order chi connectivity index (χ1) is 11.1. The van der Waals surface area contributed by atoms with Crippen LogP contribution in [0.4, 0.5) is 11.5 Å². The van der Waals surface area contributed by atoms with Crippen molar-refractivity contribution in [3.63, 3.8) is 0 Å². The molecule has 0 aliphatic heterocycles. The standard InChI is InChI=1S/C17H22N4O2/c1-12-5-7-14(8-6-12)21-16-11-15(19-13(2)20-16)17(22)18-9-4-10-23-3/h5-8,11H,4,9-10H2,1-3H3,(H,18,22)(H,19,20,21). The molecule has 122 valence electrons.